The fourth-order valence-electron chi connectivity index (χ4n) is 4.14. The molecule has 0 saturated heterocycles. The SMILES string of the molecule is CC(N)=NC(=O)[C@@H](Cc1ccc2ccccc2c1)N(C)C=O.CN[C@@H](C)Cc1ccc2ccccc2c1. The molecule has 4 aromatic rings. The Kier molecular flexibility index (Phi) is 9.92. The zero-order chi connectivity index (χ0) is 26.8. The van der Waals surface area contributed by atoms with Gasteiger partial charge < -0.3 is 16.0 Å². The maximum absolute atomic E-state index is 12.2. The summed E-state index contributed by atoms with van der Waals surface area (Å²) in [7, 11) is 3.57. The molecule has 2 amide bonds. The number of amidine groups is 1. The number of amides is 2. The topological polar surface area (TPSA) is 87.8 Å². The summed E-state index contributed by atoms with van der Waals surface area (Å²) in [6, 6.07) is 29.0. The molecule has 0 saturated carbocycles. The first-order chi connectivity index (χ1) is 17.8. The van der Waals surface area contributed by atoms with Gasteiger partial charge in [0.1, 0.15) is 6.04 Å². The number of benzene rings is 4. The van der Waals surface area contributed by atoms with Crippen LogP contribution in [0.25, 0.3) is 21.5 Å². The molecule has 0 radical (unpaired) electrons. The predicted molar refractivity (Wildman–Crippen MR) is 154 cm³/mol. The second kappa shape index (κ2) is 13.3. The monoisotopic (exact) mass is 496 g/mol. The summed E-state index contributed by atoms with van der Waals surface area (Å²) in [6.07, 6.45) is 2.11. The summed E-state index contributed by atoms with van der Waals surface area (Å²) in [5.74, 6) is -0.226. The van der Waals surface area contributed by atoms with Crippen molar-refractivity contribution < 1.29 is 9.59 Å². The number of likely N-dealkylation sites (N-methyl/N-ethyl adjacent to an activating group) is 2. The Morgan fingerprint density at radius 3 is 1.84 bits per heavy atom. The molecule has 4 rings (SSSR count). The molecule has 6 heteroatoms. The Hall–Kier alpha value is -4.03. The molecule has 0 aromatic heterocycles. The van der Waals surface area contributed by atoms with Crippen LogP contribution in [-0.4, -0.2) is 49.2 Å². The third-order valence-corrected chi connectivity index (χ3v) is 6.32. The lowest BCUT2D eigenvalue weighted by atomic mass is 10.0. The van der Waals surface area contributed by atoms with Crippen molar-refractivity contribution in [2.45, 2.75) is 38.8 Å². The summed E-state index contributed by atoms with van der Waals surface area (Å²) >= 11 is 0. The minimum Gasteiger partial charge on any atom is -0.387 e. The molecule has 6 nitrogen and oxygen atoms in total. The molecule has 2 atom stereocenters. The zero-order valence-corrected chi connectivity index (χ0v) is 22.0. The molecular formula is C31H36N4O2. The van der Waals surface area contributed by atoms with Gasteiger partial charge in [0.25, 0.3) is 5.91 Å². The van der Waals surface area contributed by atoms with Crippen LogP contribution >= 0.6 is 0 Å². The highest BCUT2D eigenvalue weighted by Gasteiger charge is 2.22. The number of fused-ring (bicyclic) bond motifs is 2. The van der Waals surface area contributed by atoms with E-state index in [1.807, 2.05) is 49.5 Å². The van der Waals surface area contributed by atoms with Gasteiger partial charge in [-0.2, -0.15) is 4.99 Å². The van der Waals surface area contributed by atoms with Crippen molar-refractivity contribution in [2.75, 3.05) is 14.1 Å². The number of aliphatic imine (C=N–C) groups is 1. The van der Waals surface area contributed by atoms with Crippen molar-refractivity contribution in [1.82, 2.24) is 10.2 Å². The highest BCUT2D eigenvalue weighted by atomic mass is 16.2. The largest absolute Gasteiger partial charge is 0.387 e. The van der Waals surface area contributed by atoms with Crippen molar-refractivity contribution in [1.29, 1.82) is 0 Å². The molecule has 0 spiro atoms. The molecule has 0 heterocycles. The van der Waals surface area contributed by atoms with E-state index in [-0.39, 0.29) is 5.84 Å². The number of nitrogens with one attached hydrogen (secondary N) is 1. The van der Waals surface area contributed by atoms with E-state index in [9.17, 15) is 9.59 Å². The maximum Gasteiger partial charge on any atom is 0.270 e. The van der Waals surface area contributed by atoms with E-state index in [0.717, 1.165) is 22.8 Å². The summed E-state index contributed by atoms with van der Waals surface area (Å²) < 4.78 is 0. The Balaban J connectivity index is 0.000000220. The first kappa shape index (κ1) is 27.6. The lowest BCUT2D eigenvalue weighted by Gasteiger charge is -2.21. The first-order valence-corrected chi connectivity index (χ1v) is 12.4. The third kappa shape index (κ3) is 7.98. The number of carbonyl (C=O) groups excluding carboxylic acids is 2. The number of hydrogen-bond donors (Lipinski definition) is 2. The molecule has 4 aromatic carbocycles. The van der Waals surface area contributed by atoms with Crippen LogP contribution in [0.4, 0.5) is 0 Å². The number of nitrogens with zero attached hydrogens (tertiary/aromatic N) is 2. The smallest absolute Gasteiger partial charge is 0.270 e. The van der Waals surface area contributed by atoms with E-state index in [4.69, 9.17) is 5.73 Å². The molecule has 192 valence electrons. The number of hydrogen-bond acceptors (Lipinski definition) is 3. The van der Waals surface area contributed by atoms with E-state index < -0.39 is 11.9 Å². The van der Waals surface area contributed by atoms with Crippen molar-refractivity contribution in [2.24, 2.45) is 10.7 Å². The molecule has 0 fully saturated rings. The van der Waals surface area contributed by atoms with E-state index in [0.29, 0.717) is 18.9 Å². The van der Waals surface area contributed by atoms with Crippen molar-refractivity contribution >= 4 is 39.7 Å². The van der Waals surface area contributed by atoms with Crippen molar-refractivity contribution in [3.05, 3.63) is 96.1 Å². The molecule has 37 heavy (non-hydrogen) atoms. The van der Waals surface area contributed by atoms with Crippen molar-refractivity contribution in [3.8, 4) is 0 Å². The summed E-state index contributed by atoms with van der Waals surface area (Å²) in [6.45, 7) is 3.75. The lowest BCUT2D eigenvalue weighted by molar-refractivity contribution is -0.129. The molecule has 0 bridgehead atoms. The van der Waals surface area contributed by atoms with Gasteiger partial charge in [-0.25, -0.2) is 0 Å². The lowest BCUT2D eigenvalue weighted by Crippen LogP contribution is -2.39. The second-order valence-corrected chi connectivity index (χ2v) is 9.34. The molecule has 0 aliphatic rings. The first-order valence-electron chi connectivity index (χ1n) is 12.4. The van der Waals surface area contributed by atoms with Crippen LogP contribution in [0.2, 0.25) is 0 Å². The number of nitrogens with two attached hydrogens (primary N) is 1. The normalized spacial score (nSPS) is 12.9. The highest BCUT2D eigenvalue weighted by Crippen LogP contribution is 2.18. The average Bonchev–Trinajstić information content (AvgIpc) is 2.91. The molecular weight excluding hydrogens is 460 g/mol. The average molecular weight is 497 g/mol. The van der Waals surface area contributed by atoms with Crippen LogP contribution in [-0.2, 0) is 22.4 Å². The Morgan fingerprint density at radius 1 is 0.892 bits per heavy atom. The summed E-state index contributed by atoms with van der Waals surface area (Å²) in [5, 5.41) is 8.14. The highest BCUT2D eigenvalue weighted by molar-refractivity contribution is 5.95. The third-order valence-electron chi connectivity index (χ3n) is 6.32. The fraction of sp³-hybridized carbons (Fsp3) is 0.258. The van der Waals surface area contributed by atoms with Crippen LogP contribution in [0.3, 0.4) is 0 Å². The van der Waals surface area contributed by atoms with Gasteiger partial charge in [-0.3, -0.25) is 9.59 Å². The van der Waals surface area contributed by atoms with Crippen LogP contribution in [0.15, 0.2) is 89.9 Å². The van der Waals surface area contributed by atoms with Gasteiger partial charge in [0.15, 0.2) is 0 Å². The second-order valence-electron chi connectivity index (χ2n) is 9.34. The summed E-state index contributed by atoms with van der Waals surface area (Å²) in [5.41, 5.74) is 7.83. The standard InChI is InChI=1S/C17H19N3O2.C14H17N/c1-12(18)19-17(22)16(20(2)11-21)10-13-7-8-14-5-3-4-6-15(14)9-13;1-11(15-2)9-12-7-8-13-5-3-4-6-14(13)10-12/h3-9,11,16H,10H2,1-2H3,(H2,18,19,22);3-8,10-11,15H,9H2,1-2H3/t16-;11-/m10/s1. The molecule has 0 aliphatic carbocycles. The van der Waals surface area contributed by atoms with Gasteiger partial charge in [0, 0.05) is 19.5 Å². The van der Waals surface area contributed by atoms with Crippen LogP contribution in [0.1, 0.15) is 25.0 Å². The quantitative estimate of drug-likeness (QED) is 0.210. The van der Waals surface area contributed by atoms with Gasteiger partial charge >= 0.3 is 0 Å². The molecule has 0 aliphatic heterocycles. The van der Waals surface area contributed by atoms with Gasteiger partial charge in [-0.15, -0.1) is 0 Å². The summed E-state index contributed by atoms with van der Waals surface area (Å²) in [4.78, 5) is 28.3. The Bertz CT molecular complexity index is 1380. The van der Waals surface area contributed by atoms with E-state index in [1.54, 1.807) is 14.0 Å². The number of carbonyl (C=O) groups is 2. The zero-order valence-electron chi connectivity index (χ0n) is 22.0. The fourth-order valence-corrected chi connectivity index (χ4v) is 4.14. The van der Waals surface area contributed by atoms with Gasteiger partial charge in [-0.05, 0) is 60.0 Å². The van der Waals surface area contributed by atoms with E-state index in [1.165, 1.54) is 21.2 Å². The van der Waals surface area contributed by atoms with Crippen LogP contribution in [0, 0.1) is 0 Å². The minimum absolute atomic E-state index is 0.188. The number of rotatable bonds is 8. The van der Waals surface area contributed by atoms with Gasteiger partial charge in [0.05, 0.1) is 5.84 Å². The predicted octanol–water partition coefficient (Wildman–Crippen LogP) is 4.73. The molecule has 0 unspecified atom stereocenters. The Morgan fingerprint density at radius 2 is 1.38 bits per heavy atom. The maximum atomic E-state index is 12.2. The van der Waals surface area contributed by atoms with Crippen molar-refractivity contribution in [3.63, 3.8) is 0 Å². The minimum atomic E-state index is -0.655. The van der Waals surface area contributed by atoms with E-state index in [2.05, 4.69) is 59.7 Å². The van der Waals surface area contributed by atoms with Gasteiger partial charge in [0.2, 0.25) is 6.41 Å². The van der Waals surface area contributed by atoms with E-state index >= 15 is 0 Å². The van der Waals surface area contributed by atoms with Crippen LogP contribution in [0.5, 0.6) is 0 Å². The van der Waals surface area contributed by atoms with Gasteiger partial charge in [-0.1, -0.05) is 84.9 Å². The Labute approximate surface area is 219 Å². The molecule has 3 N–H and O–H groups in total. The van der Waals surface area contributed by atoms with Crippen LogP contribution < -0.4 is 11.1 Å².